The van der Waals surface area contributed by atoms with Crippen LogP contribution in [0, 0.1) is 10.1 Å². The van der Waals surface area contributed by atoms with Crippen LogP contribution in [0.3, 0.4) is 0 Å². The summed E-state index contributed by atoms with van der Waals surface area (Å²) in [5.41, 5.74) is 1.10. The molecule has 0 aliphatic carbocycles. The summed E-state index contributed by atoms with van der Waals surface area (Å²) in [5.74, 6) is 0.818. The predicted octanol–water partition coefficient (Wildman–Crippen LogP) is 3.92. The van der Waals surface area contributed by atoms with Crippen molar-refractivity contribution in [1.82, 2.24) is 0 Å². The highest BCUT2D eigenvalue weighted by molar-refractivity contribution is 5.63. The Morgan fingerprint density at radius 2 is 1.81 bits per heavy atom. The molecule has 108 valence electrons. The van der Waals surface area contributed by atoms with Crippen molar-refractivity contribution in [2.45, 2.75) is 25.5 Å². The molecule has 0 fully saturated rings. The van der Waals surface area contributed by atoms with Gasteiger partial charge in [0.25, 0.3) is 5.69 Å². The summed E-state index contributed by atoms with van der Waals surface area (Å²) in [4.78, 5) is 10.8. The van der Waals surface area contributed by atoms with E-state index < -0.39 is 5.60 Å². The van der Waals surface area contributed by atoms with Crippen molar-refractivity contribution >= 4 is 11.4 Å². The lowest BCUT2D eigenvalue weighted by molar-refractivity contribution is -0.384. The molecule has 1 heterocycles. The van der Waals surface area contributed by atoms with Crippen LogP contribution in [-0.2, 0) is 0 Å². The number of hydrogen-bond donors (Lipinski definition) is 1. The summed E-state index contributed by atoms with van der Waals surface area (Å²) >= 11 is 0. The van der Waals surface area contributed by atoms with Gasteiger partial charge in [0.1, 0.15) is 17.0 Å². The normalized spacial score (nSPS) is 18.7. The zero-order chi connectivity index (χ0) is 15.0. The van der Waals surface area contributed by atoms with E-state index in [1.165, 1.54) is 6.07 Å². The maximum absolute atomic E-state index is 11.1. The summed E-state index contributed by atoms with van der Waals surface area (Å²) in [7, 11) is 0. The van der Waals surface area contributed by atoms with Gasteiger partial charge in [0.15, 0.2) is 0 Å². The lowest BCUT2D eigenvalue weighted by Crippen LogP contribution is -2.34. The molecule has 0 saturated carbocycles. The second kappa shape index (κ2) is 4.77. The van der Waals surface area contributed by atoms with Crippen LogP contribution in [0.4, 0.5) is 11.4 Å². The number of nitrogens with one attached hydrogen (secondary N) is 1. The van der Waals surface area contributed by atoms with Gasteiger partial charge >= 0.3 is 0 Å². The zero-order valence-corrected chi connectivity index (χ0v) is 11.9. The van der Waals surface area contributed by atoms with Gasteiger partial charge in [0.05, 0.1) is 11.0 Å². The monoisotopic (exact) mass is 284 g/mol. The Labute approximate surface area is 122 Å². The molecule has 3 rings (SSSR count). The highest BCUT2D eigenvalue weighted by Gasteiger charge is 2.41. The Morgan fingerprint density at radius 1 is 1.14 bits per heavy atom. The topological polar surface area (TPSA) is 64.4 Å². The molecule has 2 aromatic rings. The van der Waals surface area contributed by atoms with Crippen molar-refractivity contribution in [3.8, 4) is 5.75 Å². The summed E-state index contributed by atoms with van der Waals surface area (Å²) in [6.07, 6.45) is 0. The van der Waals surface area contributed by atoms with Crippen molar-refractivity contribution in [1.29, 1.82) is 0 Å². The van der Waals surface area contributed by atoms with E-state index in [1.54, 1.807) is 18.2 Å². The van der Waals surface area contributed by atoms with Crippen LogP contribution in [0.15, 0.2) is 48.5 Å². The molecule has 1 aliphatic heterocycles. The number of nitro groups is 1. The molecule has 0 aromatic heterocycles. The molecule has 0 radical (unpaired) electrons. The van der Waals surface area contributed by atoms with Gasteiger partial charge in [0, 0.05) is 11.6 Å². The molecule has 1 aliphatic rings. The van der Waals surface area contributed by atoms with Gasteiger partial charge in [-0.2, -0.15) is 0 Å². The second-order valence-electron chi connectivity index (χ2n) is 5.59. The number of para-hydroxylation sites is 3. The van der Waals surface area contributed by atoms with Crippen molar-refractivity contribution < 1.29 is 9.66 Å². The van der Waals surface area contributed by atoms with Gasteiger partial charge in [-0.25, -0.2) is 0 Å². The van der Waals surface area contributed by atoms with Crippen LogP contribution in [0.2, 0.25) is 0 Å². The number of fused-ring (bicyclic) bond motifs is 1. The number of nitro benzene ring substituents is 1. The highest BCUT2D eigenvalue weighted by atomic mass is 16.6. The number of hydrogen-bond acceptors (Lipinski definition) is 4. The molecule has 0 bridgehead atoms. The summed E-state index contributed by atoms with van der Waals surface area (Å²) < 4.78 is 5.95. The van der Waals surface area contributed by atoms with E-state index in [0.717, 1.165) is 11.3 Å². The van der Waals surface area contributed by atoms with Crippen molar-refractivity contribution in [2.24, 2.45) is 0 Å². The number of anilines is 1. The largest absolute Gasteiger partial charge is 0.485 e. The maximum Gasteiger partial charge on any atom is 0.292 e. The first-order chi connectivity index (χ1) is 9.99. The van der Waals surface area contributed by atoms with Crippen molar-refractivity contribution in [3.63, 3.8) is 0 Å². The summed E-state index contributed by atoms with van der Waals surface area (Å²) in [6, 6.07) is 14.3. The fourth-order valence-electron chi connectivity index (χ4n) is 2.69. The zero-order valence-electron chi connectivity index (χ0n) is 11.9. The van der Waals surface area contributed by atoms with Gasteiger partial charge in [-0.3, -0.25) is 10.1 Å². The Bertz CT molecular complexity index is 697. The van der Waals surface area contributed by atoms with E-state index in [2.05, 4.69) is 5.32 Å². The minimum absolute atomic E-state index is 0.0673. The SMILES string of the molecule is CC1(C)Oc2ccccc2C1Nc1ccccc1[N+](=O)[O-]. The molecule has 5 nitrogen and oxygen atoms in total. The van der Waals surface area contributed by atoms with Gasteiger partial charge in [-0.1, -0.05) is 30.3 Å². The van der Waals surface area contributed by atoms with Crippen LogP contribution >= 0.6 is 0 Å². The smallest absolute Gasteiger partial charge is 0.292 e. The molecule has 1 N–H and O–H groups in total. The molecule has 2 aromatic carbocycles. The van der Waals surface area contributed by atoms with E-state index in [-0.39, 0.29) is 16.7 Å². The number of ether oxygens (including phenoxy) is 1. The minimum Gasteiger partial charge on any atom is -0.485 e. The standard InChI is InChI=1S/C16H16N2O3/c1-16(2)15(11-7-3-6-10-14(11)21-16)17-12-8-4-5-9-13(12)18(19)20/h3-10,15,17H,1-2H3. The molecular weight excluding hydrogens is 268 g/mol. The number of benzene rings is 2. The van der Waals surface area contributed by atoms with Gasteiger partial charge in [-0.05, 0) is 26.0 Å². The molecule has 5 heteroatoms. The Hall–Kier alpha value is -2.56. The lowest BCUT2D eigenvalue weighted by atomic mass is 9.94. The van der Waals surface area contributed by atoms with Crippen molar-refractivity contribution in [3.05, 3.63) is 64.2 Å². The predicted molar refractivity (Wildman–Crippen MR) is 80.6 cm³/mol. The van der Waals surface area contributed by atoms with Crippen LogP contribution in [0.5, 0.6) is 5.75 Å². The highest BCUT2D eigenvalue weighted by Crippen LogP contribution is 2.45. The van der Waals surface area contributed by atoms with Crippen molar-refractivity contribution in [2.75, 3.05) is 5.32 Å². The molecule has 21 heavy (non-hydrogen) atoms. The Kier molecular flexibility index (Phi) is 3.05. The minimum atomic E-state index is -0.479. The average Bonchev–Trinajstić information content (AvgIpc) is 2.70. The first kappa shape index (κ1) is 13.4. The molecule has 0 saturated heterocycles. The van der Waals surface area contributed by atoms with E-state index >= 15 is 0 Å². The first-order valence-corrected chi connectivity index (χ1v) is 6.77. The maximum atomic E-state index is 11.1. The van der Waals surface area contributed by atoms with E-state index in [0.29, 0.717) is 5.69 Å². The molecule has 1 atom stereocenters. The Morgan fingerprint density at radius 3 is 2.57 bits per heavy atom. The third kappa shape index (κ3) is 2.31. The number of nitrogens with zero attached hydrogens (tertiary/aromatic N) is 1. The quantitative estimate of drug-likeness (QED) is 0.685. The second-order valence-corrected chi connectivity index (χ2v) is 5.59. The molecule has 0 spiro atoms. The van der Waals surface area contributed by atoms with E-state index in [9.17, 15) is 10.1 Å². The lowest BCUT2D eigenvalue weighted by Gasteiger charge is -2.27. The summed E-state index contributed by atoms with van der Waals surface area (Å²) in [5, 5.41) is 14.4. The van der Waals surface area contributed by atoms with Crippen LogP contribution in [0.1, 0.15) is 25.5 Å². The first-order valence-electron chi connectivity index (χ1n) is 6.77. The van der Waals surface area contributed by atoms with E-state index in [4.69, 9.17) is 4.74 Å². The number of rotatable bonds is 3. The van der Waals surface area contributed by atoms with Gasteiger partial charge < -0.3 is 10.1 Å². The third-order valence-electron chi connectivity index (χ3n) is 3.70. The fraction of sp³-hybridized carbons (Fsp3) is 0.250. The molecular formula is C16H16N2O3. The summed E-state index contributed by atoms with van der Waals surface area (Å²) in [6.45, 7) is 3.94. The Balaban J connectivity index is 2.00. The molecule has 0 amide bonds. The van der Waals surface area contributed by atoms with Gasteiger partial charge in [0.2, 0.25) is 0 Å². The average molecular weight is 284 g/mol. The van der Waals surface area contributed by atoms with E-state index in [1.807, 2.05) is 38.1 Å². The van der Waals surface area contributed by atoms with Gasteiger partial charge in [-0.15, -0.1) is 0 Å². The third-order valence-corrected chi connectivity index (χ3v) is 3.70. The molecule has 1 unspecified atom stereocenters. The fourth-order valence-corrected chi connectivity index (χ4v) is 2.69. The van der Waals surface area contributed by atoms with Crippen LogP contribution in [-0.4, -0.2) is 10.5 Å². The van der Waals surface area contributed by atoms with Crippen LogP contribution < -0.4 is 10.1 Å². The van der Waals surface area contributed by atoms with Crippen LogP contribution in [0.25, 0.3) is 0 Å².